The fourth-order valence-electron chi connectivity index (χ4n) is 1.90. The van der Waals surface area contributed by atoms with Crippen molar-refractivity contribution in [3.8, 4) is 0 Å². The predicted molar refractivity (Wildman–Crippen MR) is 74.6 cm³/mol. The summed E-state index contributed by atoms with van der Waals surface area (Å²) in [6, 6.07) is 6.71. The molecule has 108 valence electrons. The van der Waals surface area contributed by atoms with Gasteiger partial charge in [-0.2, -0.15) is 4.31 Å². The van der Waals surface area contributed by atoms with E-state index in [4.69, 9.17) is 0 Å². The van der Waals surface area contributed by atoms with Gasteiger partial charge in [0.15, 0.2) is 0 Å². The lowest BCUT2D eigenvalue weighted by molar-refractivity contribution is -0.134. The average molecular weight is 295 g/mol. The number of hydrogen-bond donors (Lipinski definition) is 0. The molecular weight excluding hydrogens is 278 g/mol. The van der Waals surface area contributed by atoms with Gasteiger partial charge in [0.05, 0.1) is 17.5 Å². The summed E-state index contributed by atoms with van der Waals surface area (Å²) in [5, 5.41) is 0. The van der Waals surface area contributed by atoms with E-state index in [1.807, 2.05) is 6.92 Å². The molecule has 1 aromatic rings. The van der Waals surface area contributed by atoms with Crippen LogP contribution in [0.2, 0.25) is 0 Å². The van der Waals surface area contributed by atoms with Crippen LogP contribution in [0.1, 0.15) is 12.5 Å². The molecule has 0 N–H and O–H groups in total. The van der Waals surface area contributed by atoms with Gasteiger partial charge in [-0.05, 0) is 26.0 Å². The first-order chi connectivity index (χ1) is 9.29. The van der Waals surface area contributed by atoms with Crippen LogP contribution in [0.5, 0.6) is 0 Å². The number of sulfonamides is 1. The van der Waals surface area contributed by atoms with Crippen molar-refractivity contribution in [3.63, 3.8) is 0 Å². The van der Waals surface area contributed by atoms with Crippen molar-refractivity contribution in [1.82, 2.24) is 4.31 Å². The molecule has 6 heteroatoms. The predicted octanol–water partition coefficient (Wildman–Crippen LogP) is 1.49. The molecule has 2 atom stereocenters. The van der Waals surface area contributed by atoms with Gasteiger partial charge in [-0.1, -0.05) is 23.8 Å². The van der Waals surface area contributed by atoms with Crippen molar-refractivity contribution in [3.05, 3.63) is 42.0 Å². The minimum absolute atomic E-state index is 0.262. The zero-order valence-corrected chi connectivity index (χ0v) is 12.5. The number of rotatable bonds is 4. The van der Waals surface area contributed by atoms with Crippen LogP contribution in [0, 0.1) is 6.92 Å². The van der Waals surface area contributed by atoms with Crippen molar-refractivity contribution in [2.45, 2.75) is 24.3 Å². The zero-order chi connectivity index (χ0) is 15.0. The first kappa shape index (κ1) is 14.7. The smallest absolute Gasteiger partial charge is 0.330 e. The SMILES string of the molecule is COC(=O)/C=C/[C@]1(C)CN1S(=O)(=O)c1ccc(C)cc1. The monoisotopic (exact) mass is 295 g/mol. The molecule has 1 aliphatic heterocycles. The maximum Gasteiger partial charge on any atom is 0.330 e. The molecule has 0 bridgehead atoms. The van der Waals surface area contributed by atoms with Crippen molar-refractivity contribution in [2.24, 2.45) is 0 Å². The summed E-state index contributed by atoms with van der Waals surface area (Å²) in [4.78, 5) is 11.3. The summed E-state index contributed by atoms with van der Waals surface area (Å²) in [7, 11) is -2.23. The molecule has 0 aliphatic carbocycles. The Morgan fingerprint density at radius 2 is 1.95 bits per heavy atom. The van der Waals surface area contributed by atoms with Gasteiger partial charge in [0.1, 0.15) is 0 Å². The minimum atomic E-state index is -3.51. The average Bonchev–Trinajstić information content (AvgIpc) is 3.10. The van der Waals surface area contributed by atoms with Crippen LogP contribution in [0.3, 0.4) is 0 Å². The third kappa shape index (κ3) is 2.76. The van der Waals surface area contributed by atoms with Crippen LogP contribution in [-0.2, 0) is 19.6 Å². The third-order valence-corrected chi connectivity index (χ3v) is 5.31. The molecule has 0 amide bonds. The van der Waals surface area contributed by atoms with Crippen molar-refractivity contribution in [1.29, 1.82) is 0 Å². The first-order valence-corrected chi connectivity index (χ1v) is 7.60. The molecular formula is C14H17NO4S. The molecule has 0 saturated carbocycles. The van der Waals surface area contributed by atoms with Gasteiger partial charge in [-0.15, -0.1) is 0 Å². The highest BCUT2D eigenvalue weighted by Gasteiger charge is 2.53. The van der Waals surface area contributed by atoms with Crippen LogP contribution >= 0.6 is 0 Å². The lowest BCUT2D eigenvalue weighted by Gasteiger charge is -2.09. The molecule has 5 nitrogen and oxygen atoms in total. The molecule has 1 fully saturated rings. The second-order valence-electron chi connectivity index (χ2n) is 5.04. The Kier molecular flexibility index (Phi) is 3.71. The highest BCUT2D eigenvalue weighted by atomic mass is 32.2. The number of carbonyl (C=O) groups is 1. The summed E-state index contributed by atoms with van der Waals surface area (Å²) >= 11 is 0. The molecule has 20 heavy (non-hydrogen) atoms. The Labute approximate surface area is 118 Å². The normalized spacial score (nSPS) is 25.6. The van der Waals surface area contributed by atoms with E-state index in [0.29, 0.717) is 6.54 Å². The summed E-state index contributed by atoms with van der Waals surface area (Å²) in [5.74, 6) is -0.495. The molecule has 1 heterocycles. The van der Waals surface area contributed by atoms with Gasteiger partial charge in [-0.3, -0.25) is 0 Å². The second-order valence-corrected chi connectivity index (χ2v) is 6.90. The third-order valence-electron chi connectivity index (χ3n) is 3.32. The summed E-state index contributed by atoms with van der Waals surface area (Å²) < 4.78 is 30.7. The van der Waals surface area contributed by atoms with E-state index in [1.54, 1.807) is 37.3 Å². The number of carbonyl (C=O) groups excluding carboxylic acids is 1. The topological polar surface area (TPSA) is 63.5 Å². The van der Waals surface area contributed by atoms with Gasteiger partial charge in [-0.25, -0.2) is 13.2 Å². The summed E-state index contributed by atoms with van der Waals surface area (Å²) in [6.07, 6.45) is 2.81. The fraction of sp³-hybridized carbons (Fsp3) is 0.357. The van der Waals surface area contributed by atoms with Crippen LogP contribution < -0.4 is 0 Å². The molecule has 1 unspecified atom stereocenters. The molecule has 1 aliphatic rings. The quantitative estimate of drug-likeness (QED) is 0.479. The van der Waals surface area contributed by atoms with Crippen molar-refractivity contribution in [2.75, 3.05) is 13.7 Å². The van der Waals surface area contributed by atoms with Gasteiger partial charge in [0, 0.05) is 12.6 Å². The molecule has 0 spiro atoms. The largest absolute Gasteiger partial charge is 0.466 e. The molecule has 0 aromatic heterocycles. The van der Waals surface area contributed by atoms with Crippen molar-refractivity contribution < 1.29 is 17.9 Å². The lowest BCUT2D eigenvalue weighted by Crippen LogP contribution is -2.20. The van der Waals surface area contributed by atoms with E-state index in [9.17, 15) is 13.2 Å². The van der Waals surface area contributed by atoms with Gasteiger partial charge < -0.3 is 4.74 Å². The maximum absolute atomic E-state index is 12.4. The lowest BCUT2D eigenvalue weighted by atomic mass is 10.2. The Morgan fingerprint density at radius 3 is 2.50 bits per heavy atom. The van der Waals surface area contributed by atoms with Crippen LogP contribution in [0.25, 0.3) is 0 Å². The number of aryl methyl sites for hydroxylation is 1. The standard InChI is InChI=1S/C14H17NO4S/c1-11-4-6-12(7-5-11)20(17,18)15-10-14(15,2)9-8-13(16)19-3/h4-9H,10H2,1-3H3/b9-8+/t14-,15?/m1/s1. The Morgan fingerprint density at radius 1 is 1.35 bits per heavy atom. The number of esters is 1. The highest BCUT2D eigenvalue weighted by Crippen LogP contribution is 2.39. The van der Waals surface area contributed by atoms with Crippen molar-refractivity contribution >= 4 is 16.0 Å². The minimum Gasteiger partial charge on any atom is -0.466 e. The van der Waals surface area contributed by atoms with E-state index >= 15 is 0 Å². The number of nitrogens with zero attached hydrogens (tertiary/aromatic N) is 1. The van der Waals surface area contributed by atoms with E-state index in [0.717, 1.165) is 5.56 Å². The van der Waals surface area contributed by atoms with Gasteiger partial charge in [0.25, 0.3) is 0 Å². The highest BCUT2D eigenvalue weighted by molar-refractivity contribution is 7.89. The van der Waals surface area contributed by atoms with E-state index in [1.165, 1.54) is 17.5 Å². The van der Waals surface area contributed by atoms with Gasteiger partial charge in [0.2, 0.25) is 10.0 Å². The second kappa shape index (κ2) is 5.03. The summed E-state index contributed by atoms with van der Waals surface area (Å²) in [5.41, 5.74) is 0.348. The van der Waals surface area contributed by atoms with E-state index in [-0.39, 0.29) is 4.90 Å². The summed E-state index contributed by atoms with van der Waals surface area (Å²) in [6.45, 7) is 4.02. The number of ether oxygens (including phenoxy) is 1. The van der Waals surface area contributed by atoms with E-state index in [2.05, 4.69) is 4.74 Å². The Hall–Kier alpha value is -1.66. The van der Waals surface area contributed by atoms with Crippen LogP contribution in [0.4, 0.5) is 0 Å². The van der Waals surface area contributed by atoms with Gasteiger partial charge >= 0.3 is 5.97 Å². The Bertz CT molecular complexity index is 648. The van der Waals surface area contributed by atoms with Crippen LogP contribution in [0.15, 0.2) is 41.3 Å². The number of methoxy groups -OCH3 is 1. The molecule has 1 saturated heterocycles. The maximum atomic E-state index is 12.4. The number of benzene rings is 1. The number of hydrogen-bond acceptors (Lipinski definition) is 4. The van der Waals surface area contributed by atoms with E-state index < -0.39 is 21.5 Å². The molecule has 1 aromatic carbocycles. The van der Waals surface area contributed by atoms with Crippen LogP contribution in [-0.4, -0.2) is 37.9 Å². The Balaban J connectivity index is 2.19. The zero-order valence-electron chi connectivity index (χ0n) is 11.7. The first-order valence-electron chi connectivity index (χ1n) is 6.16. The molecule has 0 radical (unpaired) electrons. The molecule has 2 rings (SSSR count). The fourth-order valence-corrected chi connectivity index (χ4v) is 3.68.